The highest BCUT2D eigenvalue weighted by Gasteiger charge is 2.30. The summed E-state index contributed by atoms with van der Waals surface area (Å²) in [6, 6.07) is 9.75. The summed E-state index contributed by atoms with van der Waals surface area (Å²) in [5.41, 5.74) is 3.88. The number of aryl methyl sites for hydroxylation is 2. The first-order valence-corrected chi connectivity index (χ1v) is 9.45. The third-order valence-corrected chi connectivity index (χ3v) is 5.05. The molecule has 2 aromatic rings. The molecule has 1 aliphatic rings. The van der Waals surface area contributed by atoms with Gasteiger partial charge in [0.1, 0.15) is 0 Å². The first kappa shape index (κ1) is 19.1. The van der Waals surface area contributed by atoms with Gasteiger partial charge >= 0.3 is 0 Å². The Bertz CT molecular complexity index is 799. The SMILES string of the molecule is Cc1cc(C)cc(C(=O)N2CCCC(C(=O)N(C)Cc3cccnc3)C2)c1. The van der Waals surface area contributed by atoms with Crippen LogP contribution >= 0.6 is 0 Å². The van der Waals surface area contributed by atoms with Crippen LogP contribution in [-0.4, -0.2) is 46.7 Å². The van der Waals surface area contributed by atoms with E-state index in [1.54, 1.807) is 17.3 Å². The summed E-state index contributed by atoms with van der Waals surface area (Å²) in [6.45, 7) is 5.73. The van der Waals surface area contributed by atoms with Gasteiger partial charge in [-0.3, -0.25) is 14.6 Å². The van der Waals surface area contributed by atoms with Gasteiger partial charge in [0.05, 0.1) is 5.92 Å². The second-order valence-electron chi connectivity index (χ2n) is 7.52. The van der Waals surface area contributed by atoms with Crippen LogP contribution in [-0.2, 0) is 11.3 Å². The third-order valence-electron chi connectivity index (χ3n) is 5.05. The highest BCUT2D eigenvalue weighted by molar-refractivity contribution is 5.95. The Labute approximate surface area is 161 Å². The van der Waals surface area contributed by atoms with Crippen LogP contribution in [0.2, 0.25) is 0 Å². The van der Waals surface area contributed by atoms with Gasteiger partial charge < -0.3 is 9.80 Å². The fourth-order valence-corrected chi connectivity index (χ4v) is 3.80. The van der Waals surface area contributed by atoms with Crippen molar-refractivity contribution in [3.63, 3.8) is 0 Å². The Balaban J connectivity index is 1.66. The van der Waals surface area contributed by atoms with Gasteiger partial charge in [0.15, 0.2) is 0 Å². The molecule has 1 aromatic carbocycles. The summed E-state index contributed by atoms with van der Waals surface area (Å²) in [6.07, 6.45) is 5.18. The summed E-state index contributed by atoms with van der Waals surface area (Å²) in [7, 11) is 1.82. The molecule has 5 nitrogen and oxygen atoms in total. The smallest absolute Gasteiger partial charge is 0.253 e. The van der Waals surface area contributed by atoms with Crippen LogP contribution in [0, 0.1) is 19.8 Å². The van der Waals surface area contributed by atoms with Crippen LogP contribution in [0.1, 0.15) is 39.9 Å². The maximum Gasteiger partial charge on any atom is 0.253 e. The molecule has 142 valence electrons. The second-order valence-corrected chi connectivity index (χ2v) is 7.52. The van der Waals surface area contributed by atoms with E-state index >= 15 is 0 Å². The number of rotatable bonds is 4. The van der Waals surface area contributed by atoms with Crippen molar-refractivity contribution in [1.82, 2.24) is 14.8 Å². The number of pyridine rings is 1. The molecule has 1 unspecified atom stereocenters. The van der Waals surface area contributed by atoms with E-state index in [1.165, 1.54) is 0 Å². The molecule has 0 spiro atoms. The normalized spacial score (nSPS) is 16.9. The summed E-state index contributed by atoms with van der Waals surface area (Å²) in [5, 5.41) is 0. The van der Waals surface area contributed by atoms with Gasteiger partial charge in [-0.2, -0.15) is 0 Å². The van der Waals surface area contributed by atoms with E-state index in [0.29, 0.717) is 25.2 Å². The van der Waals surface area contributed by atoms with E-state index < -0.39 is 0 Å². The first-order valence-electron chi connectivity index (χ1n) is 9.45. The molecule has 0 radical (unpaired) electrons. The van der Waals surface area contributed by atoms with E-state index in [9.17, 15) is 9.59 Å². The number of piperidine rings is 1. The van der Waals surface area contributed by atoms with Crippen LogP contribution < -0.4 is 0 Å². The molecule has 1 atom stereocenters. The molecule has 0 bridgehead atoms. The number of nitrogens with zero attached hydrogens (tertiary/aromatic N) is 3. The molecule has 1 aromatic heterocycles. The number of aromatic nitrogens is 1. The second kappa shape index (κ2) is 8.33. The maximum absolute atomic E-state index is 12.9. The number of benzene rings is 1. The number of likely N-dealkylation sites (tertiary alicyclic amines) is 1. The predicted molar refractivity (Wildman–Crippen MR) is 105 cm³/mol. The number of carbonyl (C=O) groups is 2. The average Bonchev–Trinajstić information content (AvgIpc) is 2.67. The zero-order chi connectivity index (χ0) is 19.4. The Morgan fingerprint density at radius 1 is 1.22 bits per heavy atom. The van der Waals surface area contributed by atoms with Crippen molar-refractivity contribution in [3.8, 4) is 0 Å². The van der Waals surface area contributed by atoms with Crippen molar-refractivity contribution in [2.45, 2.75) is 33.2 Å². The number of hydrogen-bond donors (Lipinski definition) is 0. The minimum atomic E-state index is -0.143. The molecule has 1 aliphatic heterocycles. The largest absolute Gasteiger partial charge is 0.341 e. The topological polar surface area (TPSA) is 53.5 Å². The van der Waals surface area contributed by atoms with Gasteiger partial charge in [-0.05, 0) is 50.5 Å². The fraction of sp³-hybridized carbons (Fsp3) is 0.409. The van der Waals surface area contributed by atoms with Gasteiger partial charge in [0, 0.05) is 44.6 Å². The van der Waals surface area contributed by atoms with Crippen LogP contribution in [0.15, 0.2) is 42.7 Å². The zero-order valence-corrected chi connectivity index (χ0v) is 16.3. The lowest BCUT2D eigenvalue weighted by molar-refractivity contribution is -0.136. The van der Waals surface area contributed by atoms with E-state index in [4.69, 9.17) is 0 Å². The molecule has 3 rings (SSSR count). The summed E-state index contributed by atoms with van der Waals surface area (Å²) in [5.74, 6) is -0.0266. The molecule has 1 fully saturated rings. The van der Waals surface area contributed by atoms with Crippen molar-refractivity contribution in [3.05, 3.63) is 65.0 Å². The molecule has 2 amide bonds. The Hall–Kier alpha value is -2.69. The molecule has 27 heavy (non-hydrogen) atoms. The average molecular weight is 365 g/mol. The number of hydrogen-bond acceptors (Lipinski definition) is 3. The Morgan fingerprint density at radius 2 is 1.96 bits per heavy atom. The van der Waals surface area contributed by atoms with E-state index in [0.717, 1.165) is 29.5 Å². The zero-order valence-electron chi connectivity index (χ0n) is 16.3. The molecule has 1 saturated heterocycles. The van der Waals surface area contributed by atoms with E-state index in [-0.39, 0.29) is 17.7 Å². The van der Waals surface area contributed by atoms with Gasteiger partial charge in [-0.1, -0.05) is 23.3 Å². The lowest BCUT2D eigenvalue weighted by atomic mass is 9.95. The molecule has 0 N–H and O–H groups in total. The number of carbonyl (C=O) groups excluding carboxylic acids is 2. The maximum atomic E-state index is 12.9. The van der Waals surface area contributed by atoms with Gasteiger partial charge in [-0.15, -0.1) is 0 Å². The van der Waals surface area contributed by atoms with Crippen molar-refractivity contribution < 1.29 is 9.59 Å². The summed E-state index contributed by atoms with van der Waals surface area (Å²) >= 11 is 0. The van der Waals surface area contributed by atoms with Crippen LogP contribution in [0.25, 0.3) is 0 Å². The van der Waals surface area contributed by atoms with Gasteiger partial charge in [0.25, 0.3) is 5.91 Å². The van der Waals surface area contributed by atoms with Crippen LogP contribution in [0.3, 0.4) is 0 Å². The van der Waals surface area contributed by atoms with Gasteiger partial charge in [0.2, 0.25) is 5.91 Å². The summed E-state index contributed by atoms with van der Waals surface area (Å²) < 4.78 is 0. The monoisotopic (exact) mass is 365 g/mol. The highest BCUT2D eigenvalue weighted by atomic mass is 16.2. The van der Waals surface area contributed by atoms with Crippen molar-refractivity contribution in [2.75, 3.05) is 20.1 Å². The molecule has 0 saturated carbocycles. The predicted octanol–water partition coefficient (Wildman–Crippen LogP) is 3.21. The van der Waals surface area contributed by atoms with E-state index in [2.05, 4.69) is 11.1 Å². The van der Waals surface area contributed by atoms with Gasteiger partial charge in [-0.25, -0.2) is 0 Å². The lowest BCUT2D eigenvalue weighted by Crippen LogP contribution is -2.45. The minimum absolute atomic E-state index is 0.0224. The standard InChI is InChI=1S/C22H27N3O2/c1-16-10-17(2)12-20(11-16)22(27)25-9-5-7-19(15-25)21(26)24(3)14-18-6-4-8-23-13-18/h4,6,8,10-13,19H,5,7,9,14-15H2,1-3H3. The molecule has 5 heteroatoms. The lowest BCUT2D eigenvalue weighted by Gasteiger charge is -2.34. The Morgan fingerprint density at radius 3 is 2.63 bits per heavy atom. The fourth-order valence-electron chi connectivity index (χ4n) is 3.80. The molecular weight excluding hydrogens is 338 g/mol. The highest BCUT2D eigenvalue weighted by Crippen LogP contribution is 2.22. The van der Waals surface area contributed by atoms with Crippen molar-refractivity contribution >= 4 is 11.8 Å². The molecule has 2 heterocycles. The van der Waals surface area contributed by atoms with Crippen molar-refractivity contribution in [2.24, 2.45) is 5.92 Å². The third kappa shape index (κ3) is 4.73. The van der Waals surface area contributed by atoms with E-state index in [1.807, 2.05) is 50.1 Å². The molecule has 0 aliphatic carbocycles. The Kier molecular flexibility index (Phi) is 5.89. The molecular formula is C22H27N3O2. The summed E-state index contributed by atoms with van der Waals surface area (Å²) in [4.78, 5) is 33.5. The quantitative estimate of drug-likeness (QED) is 0.836. The first-order chi connectivity index (χ1) is 12.9. The van der Waals surface area contributed by atoms with Crippen LogP contribution in [0.4, 0.5) is 0 Å². The number of amides is 2. The van der Waals surface area contributed by atoms with Crippen molar-refractivity contribution in [1.29, 1.82) is 0 Å². The minimum Gasteiger partial charge on any atom is -0.341 e. The van der Waals surface area contributed by atoms with Crippen LogP contribution in [0.5, 0.6) is 0 Å².